The van der Waals surface area contributed by atoms with Gasteiger partial charge in [0.25, 0.3) is 5.91 Å². The van der Waals surface area contributed by atoms with Crippen LogP contribution in [0.15, 0.2) is 30.4 Å². The van der Waals surface area contributed by atoms with Crippen LogP contribution in [0.1, 0.15) is 35.2 Å². The molecule has 0 fully saturated rings. The van der Waals surface area contributed by atoms with Gasteiger partial charge in [0, 0.05) is 25.1 Å². The lowest BCUT2D eigenvalue weighted by molar-refractivity contribution is -0.121. The maximum Gasteiger partial charge on any atom is 0.251 e. The number of rotatable bonds is 6. The third kappa shape index (κ3) is 4.69. The summed E-state index contributed by atoms with van der Waals surface area (Å²) in [7, 11) is 0. The van der Waals surface area contributed by atoms with Gasteiger partial charge in [-0.05, 0) is 43.4 Å². The molecule has 2 N–H and O–H groups in total. The average molecular weight is 304 g/mol. The molecule has 118 valence electrons. The second-order valence-electron chi connectivity index (χ2n) is 5.54. The molecule has 0 bridgehead atoms. The summed E-state index contributed by atoms with van der Waals surface area (Å²) in [5.74, 6) is -0.408. The lowest BCUT2D eigenvalue weighted by Gasteiger charge is -2.10. The molecule has 1 aromatic carbocycles. The molecule has 1 aliphatic carbocycles. The zero-order chi connectivity index (χ0) is 15.9. The predicted molar refractivity (Wildman–Crippen MR) is 83.0 cm³/mol. The Morgan fingerprint density at radius 1 is 1.27 bits per heavy atom. The van der Waals surface area contributed by atoms with Crippen LogP contribution in [0.3, 0.4) is 0 Å². The minimum atomic E-state index is -0.398. The first-order valence-electron chi connectivity index (χ1n) is 7.54. The van der Waals surface area contributed by atoms with Crippen LogP contribution in [0.4, 0.5) is 4.39 Å². The molecule has 5 heteroatoms. The van der Waals surface area contributed by atoms with E-state index in [0.717, 1.165) is 12.8 Å². The molecule has 0 spiro atoms. The van der Waals surface area contributed by atoms with Crippen molar-refractivity contribution in [3.63, 3.8) is 0 Å². The Bertz CT molecular complexity index is 584. The van der Waals surface area contributed by atoms with Crippen molar-refractivity contribution in [1.82, 2.24) is 10.6 Å². The fourth-order valence-electron chi connectivity index (χ4n) is 2.39. The van der Waals surface area contributed by atoms with Gasteiger partial charge in [-0.3, -0.25) is 9.59 Å². The zero-order valence-electron chi connectivity index (χ0n) is 12.7. The molecule has 0 aliphatic heterocycles. The van der Waals surface area contributed by atoms with Gasteiger partial charge in [0.1, 0.15) is 5.82 Å². The highest BCUT2D eigenvalue weighted by atomic mass is 19.1. The van der Waals surface area contributed by atoms with E-state index in [4.69, 9.17) is 0 Å². The van der Waals surface area contributed by atoms with Crippen LogP contribution in [-0.2, 0) is 4.79 Å². The number of hydrogen-bond acceptors (Lipinski definition) is 2. The van der Waals surface area contributed by atoms with E-state index >= 15 is 0 Å². The van der Waals surface area contributed by atoms with Crippen LogP contribution < -0.4 is 10.6 Å². The number of allylic oxidation sites excluding steroid dienone is 2. The lowest BCUT2D eigenvalue weighted by Crippen LogP contribution is -2.35. The van der Waals surface area contributed by atoms with Crippen molar-refractivity contribution in [2.75, 3.05) is 13.1 Å². The summed E-state index contributed by atoms with van der Waals surface area (Å²) in [5, 5.41) is 5.44. The summed E-state index contributed by atoms with van der Waals surface area (Å²) in [6, 6.07) is 4.37. The van der Waals surface area contributed by atoms with Gasteiger partial charge in [0.05, 0.1) is 0 Å². The van der Waals surface area contributed by atoms with Gasteiger partial charge in [-0.1, -0.05) is 18.2 Å². The summed E-state index contributed by atoms with van der Waals surface area (Å²) in [5.41, 5.74) is 0.787. The van der Waals surface area contributed by atoms with Gasteiger partial charge in [0.15, 0.2) is 0 Å². The Kier molecular flexibility index (Phi) is 5.69. The first-order valence-corrected chi connectivity index (χ1v) is 7.54. The van der Waals surface area contributed by atoms with Crippen molar-refractivity contribution in [2.24, 2.45) is 5.92 Å². The normalized spacial score (nSPS) is 16.5. The smallest absolute Gasteiger partial charge is 0.251 e. The monoisotopic (exact) mass is 304 g/mol. The molecule has 22 heavy (non-hydrogen) atoms. The van der Waals surface area contributed by atoms with Crippen LogP contribution in [0.2, 0.25) is 0 Å². The molecule has 0 saturated heterocycles. The third-order valence-electron chi connectivity index (χ3n) is 3.73. The van der Waals surface area contributed by atoms with Crippen LogP contribution in [-0.4, -0.2) is 24.9 Å². The molecule has 0 saturated carbocycles. The van der Waals surface area contributed by atoms with Gasteiger partial charge >= 0.3 is 0 Å². The van der Waals surface area contributed by atoms with Crippen molar-refractivity contribution in [3.8, 4) is 0 Å². The molecule has 1 aliphatic rings. The van der Waals surface area contributed by atoms with Crippen LogP contribution >= 0.6 is 0 Å². The van der Waals surface area contributed by atoms with E-state index in [2.05, 4.69) is 22.8 Å². The van der Waals surface area contributed by atoms with Crippen LogP contribution in [0.25, 0.3) is 0 Å². The molecule has 0 radical (unpaired) electrons. The number of nitrogens with one attached hydrogen (secondary N) is 2. The fourth-order valence-corrected chi connectivity index (χ4v) is 2.39. The van der Waals surface area contributed by atoms with E-state index in [1.807, 2.05) is 0 Å². The Balaban J connectivity index is 1.67. The summed E-state index contributed by atoms with van der Waals surface area (Å²) in [4.78, 5) is 23.5. The van der Waals surface area contributed by atoms with Crippen molar-refractivity contribution < 1.29 is 14.0 Å². The molecule has 2 amide bonds. The van der Waals surface area contributed by atoms with Crippen molar-refractivity contribution in [1.29, 1.82) is 0 Å². The topological polar surface area (TPSA) is 58.2 Å². The fraction of sp³-hybridized carbons (Fsp3) is 0.412. The Morgan fingerprint density at radius 2 is 2.05 bits per heavy atom. The average Bonchev–Trinajstić information content (AvgIpc) is 2.99. The van der Waals surface area contributed by atoms with E-state index in [1.165, 1.54) is 6.07 Å². The van der Waals surface area contributed by atoms with Gasteiger partial charge in [-0.25, -0.2) is 4.39 Å². The number of hydrogen-bond donors (Lipinski definition) is 2. The lowest BCUT2D eigenvalue weighted by atomic mass is 10.1. The summed E-state index contributed by atoms with van der Waals surface area (Å²) in [6.45, 7) is 2.34. The van der Waals surface area contributed by atoms with E-state index in [0.29, 0.717) is 31.0 Å². The van der Waals surface area contributed by atoms with E-state index in [9.17, 15) is 14.0 Å². The summed E-state index contributed by atoms with van der Waals surface area (Å²) < 4.78 is 13.4. The van der Waals surface area contributed by atoms with Crippen molar-refractivity contribution >= 4 is 11.8 Å². The second kappa shape index (κ2) is 7.73. The number of carbonyl (C=O) groups is 2. The third-order valence-corrected chi connectivity index (χ3v) is 3.73. The number of carbonyl (C=O) groups excluding carboxylic acids is 2. The quantitative estimate of drug-likeness (QED) is 0.626. The number of benzene rings is 1. The minimum Gasteiger partial charge on any atom is -0.354 e. The summed E-state index contributed by atoms with van der Waals surface area (Å²) >= 11 is 0. The molecule has 0 aromatic heterocycles. The first kappa shape index (κ1) is 16.2. The zero-order valence-corrected chi connectivity index (χ0v) is 12.7. The minimum absolute atomic E-state index is 0.00724. The molecular weight excluding hydrogens is 283 g/mol. The van der Waals surface area contributed by atoms with Crippen molar-refractivity contribution in [3.05, 3.63) is 47.3 Å². The summed E-state index contributed by atoms with van der Waals surface area (Å²) in [6.07, 6.45) is 6.74. The van der Waals surface area contributed by atoms with Crippen molar-refractivity contribution in [2.45, 2.75) is 26.2 Å². The predicted octanol–water partition coefficient (Wildman–Crippen LogP) is 2.34. The maximum absolute atomic E-state index is 13.4. The second-order valence-corrected chi connectivity index (χ2v) is 5.54. The maximum atomic E-state index is 13.4. The molecule has 4 nitrogen and oxygen atoms in total. The van der Waals surface area contributed by atoms with Gasteiger partial charge in [-0.15, -0.1) is 0 Å². The highest BCUT2D eigenvalue weighted by Crippen LogP contribution is 2.19. The Hall–Kier alpha value is -2.17. The SMILES string of the molecule is Cc1ccc(C(=O)NCCNC(=O)CC2C=CCC2)cc1F. The highest BCUT2D eigenvalue weighted by Gasteiger charge is 2.13. The van der Waals surface area contributed by atoms with E-state index in [-0.39, 0.29) is 17.4 Å². The number of aryl methyl sites for hydroxylation is 1. The molecule has 1 atom stereocenters. The largest absolute Gasteiger partial charge is 0.354 e. The van der Waals surface area contributed by atoms with Crippen LogP contribution in [0, 0.1) is 18.7 Å². The highest BCUT2D eigenvalue weighted by molar-refractivity contribution is 5.94. The number of amides is 2. The number of halogens is 1. The standard InChI is InChI=1S/C17H21FN2O2/c1-12-6-7-14(11-15(12)18)17(22)20-9-8-19-16(21)10-13-4-2-3-5-13/h2,4,6-7,11,13H,3,5,8-10H2,1H3,(H,19,21)(H,20,22). The molecule has 2 rings (SSSR count). The Labute approximate surface area is 129 Å². The van der Waals surface area contributed by atoms with Gasteiger partial charge < -0.3 is 10.6 Å². The van der Waals surface area contributed by atoms with E-state index < -0.39 is 5.82 Å². The molecule has 1 unspecified atom stereocenters. The van der Waals surface area contributed by atoms with Gasteiger partial charge in [0.2, 0.25) is 5.91 Å². The van der Waals surface area contributed by atoms with Gasteiger partial charge in [-0.2, -0.15) is 0 Å². The molecule has 0 heterocycles. The Morgan fingerprint density at radius 3 is 2.73 bits per heavy atom. The van der Waals surface area contributed by atoms with Crippen LogP contribution in [0.5, 0.6) is 0 Å². The molecule has 1 aromatic rings. The van der Waals surface area contributed by atoms with E-state index in [1.54, 1.807) is 19.1 Å². The molecular formula is C17H21FN2O2. The first-order chi connectivity index (χ1) is 10.6.